The van der Waals surface area contributed by atoms with Crippen molar-refractivity contribution in [1.29, 1.82) is 0 Å². The number of aliphatic hydroxyl groups is 1. The molecule has 4 heteroatoms. The van der Waals surface area contributed by atoms with E-state index < -0.39 is 10.4 Å². The molecular formula is C12H21BrF2O. The summed E-state index contributed by atoms with van der Waals surface area (Å²) in [5.41, 5.74) is -1.74. The molecule has 0 heterocycles. The Bertz CT molecular complexity index is 244. The monoisotopic (exact) mass is 298 g/mol. The Kier molecular flexibility index (Phi) is 4.06. The molecule has 0 aromatic carbocycles. The summed E-state index contributed by atoms with van der Waals surface area (Å²) in [7, 11) is 0. The largest absolute Gasteiger partial charge is 0.383 e. The molecule has 2 atom stereocenters. The highest BCUT2D eigenvalue weighted by Gasteiger charge is 2.51. The van der Waals surface area contributed by atoms with Gasteiger partial charge in [0.1, 0.15) is 5.60 Å². The molecule has 1 saturated carbocycles. The van der Waals surface area contributed by atoms with Crippen LogP contribution in [0.5, 0.6) is 0 Å². The Morgan fingerprint density at radius 1 is 1.19 bits per heavy atom. The van der Waals surface area contributed by atoms with Crippen molar-refractivity contribution in [1.82, 2.24) is 0 Å². The van der Waals surface area contributed by atoms with E-state index in [-0.39, 0.29) is 18.3 Å². The van der Waals surface area contributed by atoms with Crippen LogP contribution in [0.2, 0.25) is 0 Å². The zero-order chi connectivity index (χ0) is 12.6. The van der Waals surface area contributed by atoms with Crippen LogP contribution in [-0.4, -0.2) is 15.5 Å². The average Bonchev–Trinajstić information content (AvgIpc) is 2.25. The molecule has 0 saturated heterocycles. The summed E-state index contributed by atoms with van der Waals surface area (Å²) < 4.78 is 26.5. The van der Waals surface area contributed by atoms with Crippen LogP contribution in [0, 0.1) is 11.3 Å². The third-order valence-corrected chi connectivity index (χ3v) is 4.54. The van der Waals surface area contributed by atoms with E-state index in [1.807, 2.05) is 0 Å². The number of rotatable bonds is 1. The van der Waals surface area contributed by atoms with Crippen LogP contribution in [0.1, 0.15) is 52.9 Å². The van der Waals surface area contributed by atoms with E-state index in [1.54, 1.807) is 0 Å². The maximum atomic E-state index is 13.3. The molecule has 0 bridgehead atoms. The van der Waals surface area contributed by atoms with E-state index in [2.05, 4.69) is 36.7 Å². The van der Waals surface area contributed by atoms with E-state index in [4.69, 9.17) is 0 Å². The van der Waals surface area contributed by atoms with Crippen LogP contribution in [0.25, 0.3) is 0 Å². The maximum Gasteiger partial charge on any atom is 0.329 e. The van der Waals surface area contributed by atoms with Crippen LogP contribution < -0.4 is 0 Å². The van der Waals surface area contributed by atoms with E-state index in [9.17, 15) is 13.9 Å². The van der Waals surface area contributed by atoms with Gasteiger partial charge in [-0.1, -0.05) is 27.2 Å². The summed E-state index contributed by atoms with van der Waals surface area (Å²) >= 11 is 2.32. The Morgan fingerprint density at radius 2 is 1.75 bits per heavy atom. The van der Waals surface area contributed by atoms with Gasteiger partial charge in [0.05, 0.1) is 0 Å². The topological polar surface area (TPSA) is 20.2 Å². The molecule has 1 rings (SSSR count). The predicted octanol–water partition coefficient (Wildman–Crippen LogP) is 4.33. The van der Waals surface area contributed by atoms with Crippen molar-refractivity contribution in [2.24, 2.45) is 11.3 Å². The fraction of sp³-hybridized carbons (Fsp3) is 1.00. The molecule has 0 aromatic rings. The summed E-state index contributed by atoms with van der Waals surface area (Å²) in [4.78, 5) is -3.17. The first-order chi connectivity index (χ1) is 7.06. The van der Waals surface area contributed by atoms with Crippen LogP contribution in [-0.2, 0) is 0 Å². The van der Waals surface area contributed by atoms with Gasteiger partial charge in [0.25, 0.3) is 0 Å². The number of halogens is 3. The minimum atomic E-state index is -3.17. The van der Waals surface area contributed by atoms with Crippen molar-refractivity contribution < 1.29 is 13.9 Å². The molecule has 0 aliphatic heterocycles. The van der Waals surface area contributed by atoms with Gasteiger partial charge in [-0.05, 0) is 52.9 Å². The molecule has 1 nitrogen and oxygen atoms in total. The second-order valence-electron chi connectivity index (χ2n) is 6.02. The van der Waals surface area contributed by atoms with Crippen molar-refractivity contribution in [2.75, 3.05) is 0 Å². The van der Waals surface area contributed by atoms with Gasteiger partial charge in [0, 0.05) is 0 Å². The summed E-state index contributed by atoms with van der Waals surface area (Å²) in [5.74, 6) is 0.413. The number of hydrogen-bond donors (Lipinski definition) is 1. The molecule has 0 aromatic heterocycles. The predicted molar refractivity (Wildman–Crippen MR) is 64.9 cm³/mol. The van der Waals surface area contributed by atoms with Crippen molar-refractivity contribution in [3.8, 4) is 0 Å². The zero-order valence-corrected chi connectivity index (χ0v) is 11.8. The Morgan fingerprint density at radius 3 is 2.19 bits per heavy atom. The molecule has 0 radical (unpaired) electrons. The van der Waals surface area contributed by atoms with Crippen molar-refractivity contribution in [2.45, 2.75) is 63.3 Å². The second kappa shape index (κ2) is 4.52. The van der Waals surface area contributed by atoms with E-state index in [0.29, 0.717) is 18.8 Å². The average molecular weight is 299 g/mol. The lowest BCUT2D eigenvalue weighted by atomic mass is 9.76. The van der Waals surface area contributed by atoms with Crippen LogP contribution >= 0.6 is 15.9 Å². The molecule has 0 spiro atoms. The first-order valence-corrected chi connectivity index (χ1v) is 6.65. The van der Waals surface area contributed by atoms with Gasteiger partial charge in [-0.2, -0.15) is 8.78 Å². The fourth-order valence-corrected chi connectivity index (χ4v) is 2.87. The summed E-state index contributed by atoms with van der Waals surface area (Å²) in [5, 5.41) is 9.97. The molecule has 1 aliphatic carbocycles. The second-order valence-corrected chi connectivity index (χ2v) is 7.02. The normalized spacial score (nSPS) is 33.6. The maximum absolute atomic E-state index is 13.3. The molecule has 96 valence electrons. The number of alkyl halides is 3. The lowest BCUT2D eigenvalue weighted by Crippen LogP contribution is -2.43. The van der Waals surface area contributed by atoms with Crippen LogP contribution in [0.3, 0.4) is 0 Å². The third kappa shape index (κ3) is 3.16. The fourth-order valence-electron chi connectivity index (χ4n) is 2.47. The number of hydrogen-bond acceptors (Lipinski definition) is 1. The highest BCUT2D eigenvalue weighted by Crippen LogP contribution is 2.47. The molecule has 1 fully saturated rings. The van der Waals surface area contributed by atoms with Crippen molar-refractivity contribution in [3.05, 3.63) is 0 Å². The Labute approximate surface area is 105 Å². The highest BCUT2D eigenvalue weighted by molar-refractivity contribution is 9.10. The van der Waals surface area contributed by atoms with Gasteiger partial charge in [0.15, 0.2) is 0 Å². The molecule has 1 N–H and O–H groups in total. The molecule has 16 heavy (non-hydrogen) atoms. The third-order valence-electron chi connectivity index (χ3n) is 3.80. The molecule has 2 unspecified atom stereocenters. The first-order valence-electron chi connectivity index (χ1n) is 5.85. The van der Waals surface area contributed by atoms with E-state index in [0.717, 1.165) is 6.42 Å². The Hall–Kier alpha value is 0.300. The first kappa shape index (κ1) is 14.4. The van der Waals surface area contributed by atoms with Crippen LogP contribution in [0.15, 0.2) is 0 Å². The Balaban J connectivity index is 2.73. The molecule has 0 amide bonds. The van der Waals surface area contributed by atoms with Gasteiger partial charge in [-0.15, -0.1) is 0 Å². The van der Waals surface area contributed by atoms with Crippen molar-refractivity contribution >= 4 is 15.9 Å². The summed E-state index contributed by atoms with van der Waals surface area (Å²) in [6.45, 7) is 6.40. The van der Waals surface area contributed by atoms with E-state index in [1.165, 1.54) is 0 Å². The standard InChI is InChI=1S/C12H21BrF2O/c1-10(2,3)9-5-4-7-11(16,8-6-9)12(13,14)15/h9,16H,4-8H2,1-3H3. The zero-order valence-electron chi connectivity index (χ0n) is 10.2. The quantitative estimate of drug-likeness (QED) is 0.564. The summed E-state index contributed by atoms with van der Waals surface area (Å²) in [6, 6.07) is 0. The SMILES string of the molecule is CC(C)(C)C1CCCC(O)(C(F)(F)Br)CC1. The summed E-state index contributed by atoms with van der Waals surface area (Å²) in [6.07, 6.45) is 2.61. The van der Waals surface area contributed by atoms with E-state index >= 15 is 0 Å². The highest BCUT2D eigenvalue weighted by atomic mass is 79.9. The lowest BCUT2D eigenvalue weighted by molar-refractivity contribution is -0.124. The smallest absolute Gasteiger partial charge is 0.329 e. The van der Waals surface area contributed by atoms with Gasteiger partial charge in [0.2, 0.25) is 0 Å². The minimum absolute atomic E-state index is 0.132. The minimum Gasteiger partial charge on any atom is -0.383 e. The van der Waals surface area contributed by atoms with Crippen LogP contribution in [0.4, 0.5) is 8.78 Å². The van der Waals surface area contributed by atoms with Gasteiger partial charge < -0.3 is 5.11 Å². The molecule has 1 aliphatic rings. The van der Waals surface area contributed by atoms with Gasteiger partial charge in [-0.3, -0.25) is 0 Å². The van der Waals surface area contributed by atoms with Gasteiger partial charge >= 0.3 is 4.83 Å². The van der Waals surface area contributed by atoms with Gasteiger partial charge in [-0.25, -0.2) is 0 Å². The van der Waals surface area contributed by atoms with Crippen molar-refractivity contribution in [3.63, 3.8) is 0 Å². The lowest BCUT2D eigenvalue weighted by Gasteiger charge is -2.32. The molecular weight excluding hydrogens is 278 g/mol.